The van der Waals surface area contributed by atoms with Crippen molar-refractivity contribution in [1.82, 2.24) is 0 Å². The van der Waals surface area contributed by atoms with Crippen LogP contribution in [0.5, 0.6) is 0 Å². The van der Waals surface area contributed by atoms with Gasteiger partial charge in [-0.1, -0.05) is 13.8 Å². The van der Waals surface area contributed by atoms with Crippen molar-refractivity contribution in [3.8, 4) is 0 Å². The number of carbonyl (C=O) groups is 1. The molecule has 12 heavy (non-hydrogen) atoms. The minimum atomic E-state index is -3.67. The topological polar surface area (TPSA) is 91.7 Å². The van der Waals surface area contributed by atoms with Gasteiger partial charge in [0.2, 0.25) is 0 Å². The summed E-state index contributed by atoms with van der Waals surface area (Å²) in [5, 5.41) is 8.08. The Morgan fingerprint density at radius 2 is 1.67 bits per heavy atom. The third-order valence-electron chi connectivity index (χ3n) is 0.583. The second kappa shape index (κ2) is 5.96. The van der Waals surface area contributed by atoms with Crippen LogP contribution in [0.1, 0.15) is 20.3 Å². The summed E-state index contributed by atoms with van der Waals surface area (Å²) in [6, 6.07) is 0. The number of carboxylic acids is 1. The van der Waals surface area contributed by atoms with Crippen LogP contribution in [0.2, 0.25) is 0 Å². The van der Waals surface area contributed by atoms with E-state index in [1.807, 2.05) is 13.8 Å². The van der Waals surface area contributed by atoms with Gasteiger partial charge in [-0.3, -0.25) is 9.35 Å². The first kappa shape index (κ1) is 13.9. The molecule has 0 saturated carbocycles. The van der Waals surface area contributed by atoms with E-state index < -0.39 is 16.1 Å². The molecule has 0 heterocycles. The molecule has 0 radical (unpaired) electrons. The summed E-state index contributed by atoms with van der Waals surface area (Å²) in [5.41, 5.74) is 0. The van der Waals surface area contributed by atoms with Gasteiger partial charge in [0.15, 0.2) is 0 Å². The van der Waals surface area contributed by atoms with Crippen molar-refractivity contribution in [3.05, 3.63) is 0 Å². The van der Waals surface area contributed by atoms with Crippen molar-refractivity contribution in [1.29, 1.82) is 0 Å². The zero-order valence-electron chi connectivity index (χ0n) is 7.31. The van der Waals surface area contributed by atoms with Crippen LogP contribution >= 0.6 is 0 Å². The fourth-order valence-electron chi connectivity index (χ4n) is 0.349. The highest BCUT2D eigenvalue weighted by molar-refractivity contribution is 7.85. The second-order valence-electron chi connectivity index (χ2n) is 2.72. The molecule has 0 fully saturated rings. The van der Waals surface area contributed by atoms with Crippen LogP contribution in [0.15, 0.2) is 0 Å². The Morgan fingerprint density at radius 3 is 1.67 bits per heavy atom. The molecule has 0 spiro atoms. The summed E-state index contributed by atoms with van der Waals surface area (Å²) >= 11 is 0. The lowest BCUT2D eigenvalue weighted by molar-refractivity contribution is -0.137. The summed E-state index contributed by atoms with van der Waals surface area (Å²) in [7, 11) is -3.67. The van der Waals surface area contributed by atoms with Crippen molar-refractivity contribution in [3.63, 3.8) is 0 Å². The molecular formula is C6H14O5S. The van der Waals surface area contributed by atoms with E-state index in [1.165, 1.54) is 0 Å². The van der Waals surface area contributed by atoms with Crippen LogP contribution < -0.4 is 0 Å². The van der Waals surface area contributed by atoms with Gasteiger partial charge in [-0.25, -0.2) is 0 Å². The van der Waals surface area contributed by atoms with E-state index >= 15 is 0 Å². The number of rotatable bonds is 2. The van der Waals surface area contributed by atoms with E-state index in [1.54, 1.807) is 0 Å². The summed E-state index contributed by atoms with van der Waals surface area (Å²) in [6.45, 7) is 3.77. The third kappa shape index (κ3) is 57.7. The van der Waals surface area contributed by atoms with E-state index in [4.69, 9.17) is 9.66 Å². The van der Waals surface area contributed by atoms with E-state index in [9.17, 15) is 13.2 Å². The Labute approximate surface area is 72.2 Å². The molecule has 0 rings (SSSR count). The zero-order valence-corrected chi connectivity index (χ0v) is 8.13. The predicted molar refractivity (Wildman–Crippen MR) is 44.6 cm³/mol. The van der Waals surface area contributed by atoms with Gasteiger partial charge < -0.3 is 5.11 Å². The molecule has 0 saturated heterocycles. The molecule has 6 heteroatoms. The van der Waals surface area contributed by atoms with Crippen LogP contribution in [-0.4, -0.2) is 30.3 Å². The van der Waals surface area contributed by atoms with Crippen LogP contribution in [0.25, 0.3) is 0 Å². The number of hydrogen-bond acceptors (Lipinski definition) is 3. The van der Waals surface area contributed by atoms with Crippen molar-refractivity contribution in [2.45, 2.75) is 20.3 Å². The molecule has 0 aliphatic rings. The normalized spacial score (nSPS) is 10.4. The standard InChI is InChI=1S/C5H10O2.CH4O3S/c1-4(2)3-5(6)7;1-5(2,3)4/h4H,3H2,1-2H3,(H,6,7);1H3,(H,2,3,4). The largest absolute Gasteiger partial charge is 0.481 e. The predicted octanol–water partition coefficient (Wildman–Crippen LogP) is 0.621. The first-order chi connectivity index (χ1) is 5.13. The zero-order chi connectivity index (χ0) is 10.4. The minimum Gasteiger partial charge on any atom is -0.481 e. The maximum atomic E-state index is 9.81. The smallest absolute Gasteiger partial charge is 0.303 e. The Hall–Kier alpha value is -0.620. The molecule has 0 aromatic heterocycles. The monoisotopic (exact) mass is 198 g/mol. The maximum Gasteiger partial charge on any atom is 0.303 e. The molecule has 5 nitrogen and oxygen atoms in total. The average Bonchev–Trinajstić information content (AvgIpc) is 1.52. The van der Waals surface area contributed by atoms with Gasteiger partial charge >= 0.3 is 5.97 Å². The van der Waals surface area contributed by atoms with Crippen LogP contribution in [-0.2, 0) is 14.9 Å². The van der Waals surface area contributed by atoms with Gasteiger partial charge in [-0.05, 0) is 5.92 Å². The number of aliphatic carboxylic acids is 1. The Balaban J connectivity index is 0. The first-order valence-corrected chi connectivity index (χ1v) is 5.12. The molecule has 0 amide bonds. The Kier molecular flexibility index (Phi) is 6.92. The van der Waals surface area contributed by atoms with Crippen molar-refractivity contribution < 1.29 is 22.9 Å². The SMILES string of the molecule is CC(C)CC(=O)O.CS(=O)(=O)O. The molecule has 0 aliphatic heterocycles. The van der Waals surface area contributed by atoms with Crippen molar-refractivity contribution >= 4 is 16.1 Å². The molecular weight excluding hydrogens is 184 g/mol. The Morgan fingerprint density at radius 1 is 1.42 bits per heavy atom. The second-order valence-corrected chi connectivity index (χ2v) is 4.19. The molecule has 2 N–H and O–H groups in total. The fourth-order valence-corrected chi connectivity index (χ4v) is 0.349. The summed E-state index contributed by atoms with van der Waals surface area (Å²) in [4.78, 5) is 9.81. The minimum absolute atomic E-state index is 0.275. The van der Waals surface area contributed by atoms with Gasteiger partial charge in [-0.15, -0.1) is 0 Å². The molecule has 74 valence electrons. The van der Waals surface area contributed by atoms with Crippen molar-refractivity contribution in [2.24, 2.45) is 5.92 Å². The average molecular weight is 198 g/mol. The van der Waals surface area contributed by atoms with Gasteiger partial charge in [0.25, 0.3) is 10.1 Å². The van der Waals surface area contributed by atoms with E-state index in [0.717, 1.165) is 0 Å². The highest BCUT2D eigenvalue weighted by atomic mass is 32.2. The maximum absolute atomic E-state index is 9.81. The lowest BCUT2D eigenvalue weighted by Gasteiger charge is -1.94. The number of hydrogen-bond donors (Lipinski definition) is 2. The molecule has 0 bridgehead atoms. The van der Waals surface area contributed by atoms with Crippen LogP contribution in [0, 0.1) is 5.92 Å². The highest BCUT2D eigenvalue weighted by Gasteiger charge is 1.98. The summed E-state index contributed by atoms with van der Waals surface area (Å²) in [5.74, 6) is -0.438. The summed E-state index contributed by atoms with van der Waals surface area (Å²) in [6.07, 6.45) is 0.993. The third-order valence-corrected chi connectivity index (χ3v) is 0.583. The van der Waals surface area contributed by atoms with Gasteiger partial charge in [-0.2, -0.15) is 8.42 Å². The first-order valence-electron chi connectivity index (χ1n) is 3.27. The van der Waals surface area contributed by atoms with E-state index in [2.05, 4.69) is 0 Å². The number of carboxylic acid groups (broad SMARTS) is 1. The van der Waals surface area contributed by atoms with E-state index in [0.29, 0.717) is 6.26 Å². The van der Waals surface area contributed by atoms with E-state index in [-0.39, 0.29) is 12.3 Å². The molecule has 0 aromatic rings. The lowest BCUT2D eigenvalue weighted by atomic mass is 10.1. The Bertz CT molecular complexity index is 208. The van der Waals surface area contributed by atoms with Crippen molar-refractivity contribution in [2.75, 3.05) is 6.26 Å². The lowest BCUT2D eigenvalue weighted by Crippen LogP contribution is -1.99. The van der Waals surface area contributed by atoms with Gasteiger partial charge in [0.05, 0.1) is 6.26 Å². The molecule has 0 aromatic carbocycles. The molecule has 0 aliphatic carbocycles. The van der Waals surface area contributed by atoms with Crippen LogP contribution in [0.4, 0.5) is 0 Å². The van der Waals surface area contributed by atoms with Gasteiger partial charge in [0, 0.05) is 6.42 Å². The fraction of sp³-hybridized carbons (Fsp3) is 0.833. The van der Waals surface area contributed by atoms with Crippen LogP contribution in [0.3, 0.4) is 0 Å². The summed E-state index contributed by atoms with van der Waals surface area (Å²) < 4.78 is 25.9. The molecule has 0 atom stereocenters. The van der Waals surface area contributed by atoms with Gasteiger partial charge in [0.1, 0.15) is 0 Å². The molecule has 0 unspecified atom stereocenters. The highest BCUT2D eigenvalue weighted by Crippen LogP contribution is 1.96. The quantitative estimate of drug-likeness (QED) is 0.634.